The van der Waals surface area contributed by atoms with Gasteiger partial charge in [-0.05, 0) is 47.7 Å². The highest BCUT2D eigenvalue weighted by atomic mass is 127. The molecule has 0 bridgehead atoms. The van der Waals surface area contributed by atoms with Crippen LogP contribution in [0, 0.1) is 10.5 Å². The van der Waals surface area contributed by atoms with Crippen molar-refractivity contribution >= 4 is 50.6 Å². The summed E-state index contributed by atoms with van der Waals surface area (Å²) >= 11 is 1.70. The van der Waals surface area contributed by atoms with Gasteiger partial charge in [-0.3, -0.25) is 5.32 Å². The van der Waals surface area contributed by atoms with Crippen LogP contribution in [0.1, 0.15) is 16.1 Å². The summed E-state index contributed by atoms with van der Waals surface area (Å²) in [5.41, 5.74) is 0.682. The first-order valence-electron chi connectivity index (χ1n) is 6.75. The molecule has 0 aliphatic heterocycles. The molecule has 2 amide bonds. The van der Waals surface area contributed by atoms with Gasteiger partial charge in [0.05, 0.1) is 12.7 Å². The maximum Gasteiger partial charge on any atom is 0.338 e. The van der Waals surface area contributed by atoms with Crippen molar-refractivity contribution in [1.29, 1.82) is 0 Å². The first-order valence-corrected chi connectivity index (χ1v) is 9.31. The maximum atomic E-state index is 12.4. The van der Waals surface area contributed by atoms with E-state index in [9.17, 15) is 18.0 Å². The van der Waals surface area contributed by atoms with E-state index in [1.165, 1.54) is 31.5 Å². The van der Waals surface area contributed by atoms with Crippen molar-refractivity contribution in [3.63, 3.8) is 0 Å². The fraction of sp³-hybridized carbons (Fsp3) is 0.143. The van der Waals surface area contributed by atoms with Gasteiger partial charge in [-0.25, -0.2) is 32.7 Å². The Labute approximate surface area is 157 Å². The van der Waals surface area contributed by atoms with Gasteiger partial charge >= 0.3 is 12.0 Å². The predicted molar refractivity (Wildman–Crippen MR) is 96.6 cm³/mol. The molecule has 132 valence electrons. The number of sulfonamides is 1. The zero-order valence-electron chi connectivity index (χ0n) is 13.1. The Kier molecular flexibility index (Phi) is 5.89. The van der Waals surface area contributed by atoms with Gasteiger partial charge in [0.15, 0.2) is 0 Å². The van der Waals surface area contributed by atoms with Crippen LogP contribution in [-0.2, 0) is 14.8 Å². The summed E-state index contributed by atoms with van der Waals surface area (Å²) in [7, 11) is -3.03. The Balaban J connectivity index is 2.24. The van der Waals surface area contributed by atoms with E-state index in [1.54, 1.807) is 35.6 Å². The molecule has 9 nitrogen and oxygen atoms in total. The third kappa shape index (κ3) is 4.63. The van der Waals surface area contributed by atoms with E-state index >= 15 is 0 Å². The molecule has 1 aromatic heterocycles. The average Bonchev–Trinajstić information content (AvgIpc) is 2.53. The second kappa shape index (κ2) is 7.74. The summed E-state index contributed by atoms with van der Waals surface area (Å²) in [6.45, 7) is 1.70. The Morgan fingerprint density at radius 1 is 1.24 bits per heavy atom. The maximum absolute atomic E-state index is 12.4. The number of aromatic nitrogens is 2. The quantitative estimate of drug-likeness (QED) is 0.508. The lowest BCUT2D eigenvalue weighted by molar-refractivity contribution is 0.0599. The molecule has 1 aromatic carbocycles. The van der Waals surface area contributed by atoms with Gasteiger partial charge in [-0.15, -0.1) is 0 Å². The second-order valence-corrected chi connectivity index (χ2v) is 7.42. The number of amides is 2. The van der Waals surface area contributed by atoms with E-state index in [0.29, 0.717) is 5.69 Å². The van der Waals surface area contributed by atoms with Gasteiger partial charge < -0.3 is 4.74 Å². The molecule has 0 aliphatic carbocycles. The van der Waals surface area contributed by atoms with Crippen molar-refractivity contribution in [2.24, 2.45) is 0 Å². The van der Waals surface area contributed by atoms with Crippen molar-refractivity contribution in [2.45, 2.75) is 11.8 Å². The highest BCUT2D eigenvalue weighted by Crippen LogP contribution is 2.22. The molecule has 2 rings (SSSR count). The lowest BCUT2D eigenvalue weighted by atomic mass is 10.2. The molecule has 11 heteroatoms. The number of aryl methyl sites for hydroxylation is 1. The number of carbonyl (C=O) groups is 2. The Bertz CT molecular complexity index is 933. The minimum Gasteiger partial charge on any atom is -0.465 e. The topological polar surface area (TPSA) is 127 Å². The summed E-state index contributed by atoms with van der Waals surface area (Å²) in [5, 5.41) is 2.23. The molecule has 0 unspecified atom stereocenters. The lowest BCUT2D eigenvalue weighted by Gasteiger charge is -2.11. The molecule has 2 aromatic rings. The number of carbonyl (C=O) groups excluding carboxylic acids is 2. The summed E-state index contributed by atoms with van der Waals surface area (Å²) in [5.74, 6) is -0.718. The fourth-order valence-electron chi connectivity index (χ4n) is 1.80. The molecular weight excluding hydrogens is 463 g/mol. The van der Waals surface area contributed by atoms with Gasteiger partial charge in [-0.1, -0.05) is 6.07 Å². The molecule has 2 N–H and O–H groups in total. The van der Waals surface area contributed by atoms with E-state index in [2.05, 4.69) is 20.0 Å². The molecule has 0 spiro atoms. The first kappa shape index (κ1) is 19.1. The van der Waals surface area contributed by atoms with E-state index in [0.717, 1.165) is 0 Å². The van der Waals surface area contributed by atoms with Crippen molar-refractivity contribution in [3.8, 4) is 0 Å². The van der Waals surface area contributed by atoms with Crippen LogP contribution in [0.5, 0.6) is 0 Å². The Hall–Kier alpha value is -2.28. The molecule has 0 atom stereocenters. The SMILES string of the molecule is COC(=O)c1cccc(S(=O)(=O)NC(=O)Nc2nccc(C)n2)c1I. The largest absolute Gasteiger partial charge is 0.465 e. The number of halogens is 1. The number of nitrogens with zero attached hydrogens (tertiary/aromatic N) is 2. The third-order valence-corrected chi connectivity index (χ3v) is 5.81. The van der Waals surface area contributed by atoms with Crippen molar-refractivity contribution in [3.05, 3.63) is 45.3 Å². The van der Waals surface area contributed by atoms with Crippen LogP contribution < -0.4 is 10.0 Å². The third-order valence-electron chi connectivity index (χ3n) is 2.91. The van der Waals surface area contributed by atoms with Crippen molar-refractivity contribution in [1.82, 2.24) is 14.7 Å². The molecular formula is C14H13IN4O5S. The molecule has 0 saturated carbocycles. The van der Waals surface area contributed by atoms with Crippen LogP contribution in [0.4, 0.5) is 10.7 Å². The lowest BCUT2D eigenvalue weighted by Crippen LogP contribution is -2.35. The van der Waals surface area contributed by atoms with Gasteiger partial charge in [-0.2, -0.15) is 0 Å². The number of esters is 1. The smallest absolute Gasteiger partial charge is 0.338 e. The number of ether oxygens (including phenoxy) is 1. The van der Waals surface area contributed by atoms with Crippen LogP contribution >= 0.6 is 22.6 Å². The van der Waals surface area contributed by atoms with Crippen LogP contribution in [-0.4, -0.2) is 37.5 Å². The summed E-state index contributed by atoms with van der Waals surface area (Å²) < 4.78 is 31.4. The van der Waals surface area contributed by atoms with Crippen LogP contribution in [0.2, 0.25) is 0 Å². The Morgan fingerprint density at radius 2 is 1.96 bits per heavy atom. The average molecular weight is 476 g/mol. The van der Waals surface area contributed by atoms with Gasteiger partial charge in [0, 0.05) is 15.5 Å². The highest BCUT2D eigenvalue weighted by molar-refractivity contribution is 14.1. The zero-order valence-corrected chi connectivity index (χ0v) is 16.1. The van der Waals surface area contributed by atoms with E-state index < -0.39 is 22.0 Å². The molecule has 1 heterocycles. The van der Waals surface area contributed by atoms with Gasteiger partial charge in [0.25, 0.3) is 10.0 Å². The van der Waals surface area contributed by atoms with E-state index in [4.69, 9.17) is 0 Å². The second-order valence-electron chi connectivity index (χ2n) is 4.69. The molecule has 0 fully saturated rings. The predicted octanol–water partition coefficient (Wildman–Crippen LogP) is 1.69. The molecule has 25 heavy (non-hydrogen) atoms. The number of hydrogen-bond donors (Lipinski definition) is 2. The monoisotopic (exact) mass is 476 g/mol. The Morgan fingerprint density at radius 3 is 2.60 bits per heavy atom. The number of rotatable bonds is 4. The number of nitrogens with one attached hydrogen (secondary N) is 2. The summed E-state index contributed by atoms with van der Waals surface area (Å²) in [6, 6.07) is 4.68. The van der Waals surface area contributed by atoms with Crippen molar-refractivity contribution < 1.29 is 22.7 Å². The number of hydrogen-bond acceptors (Lipinski definition) is 7. The summed E-state index contributed by atoms with van der Waals surface area (Å²) in [4.78, 5) is 31.1. The minimum atomic E-state index is -4.22. The number of methoxy groups -OCH3 is 1. The standard InChI is InChI=1S/C14H13IN4O5S/c1-8-6-7-16-13(17-8)18-14(21)19-25(22,23)10-5-3-4-9(11(10)15)12(20)24-2/h3-7H,1-2H3,(H2,16,17,18,19,21). The number of benzene rings is 1. The highest BCUT2D eigenvalue weighted by Gasteiger charge is 2.24. The zero-order chi connectivity index (χ0) is 18.6. The normalized spacial score (nSPS) is 10.8. The molecule has 0 aliphatic rings. The van der Waals surface area contributed by atoms with Crippen LogP contribution in [0.25, 0.3) is 0 Å². The van der Waals surface area contributed by atoms with Crippen LogP contribution in [0.15, 0.2) is 35.4 Å². The molecule has 0 saturated heterocycles. The van der Waals surface area contributed by atoms with E-state index in [-0.39, 0.29) is 20.0 Å². The number of anilines is 1. The summed E-state index contributed by atoms with van der Waals surface area (Å²) in [6.07, 6.45) is 1.43. The number of urea groups is 1. The minimum absolute atomic E-state index is 0.0364. The van der Waals surface area contributed by atoms with Crippen LogP contribution in [0.3, 0.4) is 0 Å². The molecule has 0 radical (unpaired) electrons. The first-order chi connectivity index (χ1) is 11.7. The van der Waals surface area contributed by atoms with Gasteiger partial charge in [0.1, 0.15) is 4.90 Å². The van der Waals surface area contributed by atoms with Gasteiger partial charge in [0.2, 0.25) is 5.95 Å². The van der Waals surface area contributed by atoms with E-state index in [1.807, 2.05) is 4.72 Å². The van der Waals surface area contributed by atoms with Crippen molar-refractivity contribution in [2.75, 3.05) is 12.4 Å². The fourth-order valence-corrected chi connectivity index (χ4v) is 4.26.